The maximum absolute atomic E-state index is 13.8. The first-order valence-electron chi connectivity index (χ1n) is 21.2. The summed E-state index contributed by atoms with van der Waals surface area (Å²) in [7, 11) is 1.59. The number of carbonyl (C=O) groups excluding carboxylic acids is 4. The van der Waals surface area contributed by atoms with Crippen molar-refractivity contribution in [3.8, 4) is 17.2 Å². The number of para-hydroxylation sites is 1. The van der Waals surface area contributed by atoms with E-state index in [2.05, 4.69) is 10.5 Å². The Hall–Kier alpha value is -6.57. The van der Waals surface area contributed by atoms with Crippen molar-refractivity contribution in [1.82, 2.24) is 0 Å². The number of nitrogens with zero attached hydrogens (tertiary/aromatic N) is 1. The van der Waals surface area contributed by atoms with Gasteiger partial charge in [-0.3, -0.25) is 10.1 Å². The predicted molar refractivity (Wildman–Crippen MR) is 241 cm³/mol. The van der Waals surface area contributed by atoms with Crippen LogP contribution in [0.1, 0.15) is 114 Å². The zero-order valence-corrected chi connectivity index (χ0v) is 38.5. The summed E-state index contributed by atoms with van der Waals surface area (Å²) in [6, 6.07) is 27.0. The quantitative estimate of drug-likeness (QED) is 0.0607. The first-order chi connectivity index (χ1) is 30.1. The van der Waals surface area contributed by atoms with Gasteiger partial charge in [-0.1, -0.05) is 53.7 Å². The van der Waals surface area contributed by atoms with E-state index in [4.69, 9.17) is 38.0 Å². The summed E-state index contributed by atoms with van der Waals surface area (Å²) in [4.78, 5) is 59.2. The number of rotatable bonds is 17. The molecule has 1 aliphatic heterocycles. The number of aryl methyl sites for hydroxylation is 1. The van der Waals surface area contributed by atoms with Gasteiger partial charge in [-0.15, -0.1) is 0 Å². The minimum absolute atomic E-state index is 0.0802. The third kappa shape index (κ3) is 14.5. The smallest absolute Gasteiger partial charge is 0.412 e. The summed E-state index contributed by atoms with van der Waals surface area (Å²) in [6.07, 6.45) is -0.490. The van der Waals surface area contributed by atoms with E-state index in [0.717, 1.165) is 11.1 Å². The maximum atomic E-state index is 13.8. The van der Waals surface area contributed by atoms with Gasteiger partial charge >= 0.3 is 24.0 Å². The van der Waals surface area contributed by atoms with Crippen molar-refractivity contribution >= 4 is 35.4 Å². The van der Waals surface area contributed by atoms with Crippen LogP contribution in [-0.4, -0.2) is 65.8 Å². The lowest BCUT2D eigenvalue weighted by atomic mass is 9.90. The van der Waals surface area contributed by atoms with Gasteiger partial charge in [-0.2, -0.15) is 0 Å². The first kappa shape index (κ1) is 48.5. The Morgan fingerprint density at radius 2 is 1.41 bits per heavy atom. The average Bonchev–Trinajstić information content (AvgIpc) is 3.64. The van der Waals surface area contributed by atoms with Crippen LogP contribution in [-0.2, 0) is 53.0 Å². The Morgan fingerprint density at radius 3 is 2.06 bits per heavy atom. The molecule has 0 aromatic heterocycles. The summed E-state index contributed by atoms with van der Waals surface area (Å²) in [6.45, 7) is 16.1. The van der Waals surface area contributed by atoms with Crippen molar-refractivity contribution in [3.63, 3.8) is 0 Å². The fourth-order valence-electron chi connectivity index (χ4n) is 6.51. The lowest BCUT2D eigenvalue weighted by Crippen LogP contribution is -2.46. The number of hydrogen-bond donors (Lipinski definition) is 1. The van der Waals surface area contributed by atoms with Gasteiger partial charge in [0.05, 0.1) is 31.4 Å². The molecule has 0 aliphatic carbocycles. The fraction of sp³-hybridized carbons (Fsp3) is 0.420. The van der Waals surface area contributed by atoms with Crippen LogP contribution in [0.3, 0.4) is 0 Å². The van der Waals surface area contributed by atoms with Gasteiger partial charge in [-0.05, 0) is 134 Å². The molecule has 342 valence electrons. The summed E-state index contributed by atoms with van der Waals surface area (Å²) in [5.74, 6) is -0.544. The minimum atomic E-state index is -1.81. The van der Waals surface area contributed by atoms with Gasteiger partial charge in [0, 0.05) is 17.7 Å². The minimum Gasteiger partial charge on any atom is -0.497 e. The van der Waals surface area contributed by atoms with Crippen molar-refractivity contribution in [3.05, 3.63) is 119 Å². The molecule has 0 saturated heterocycles. The monoisotopic (exact) mass is 880 g/mol. The Bertz CT molecular complexity index is 2290. The number of carbonyl (C=O) groups is 4. The second-order valence-corrected chi connectivity index (χ2v) is 18.3. The van der Waals surface area contributed by atoms with Crippen molar-refractivity contribution in [2.75, 3.05) is 19.0 Å². The van der Waals surface area contributed by atoms with Crippen LogP contribution in [0.5, 0.6) is 17.2 Å². The molecule has 64 heavy (non-hydrogen) atoms. The zero-order chi connectivity index (χ0) is 46.7. The highest BCUT2D eigenvalue weighted by Gasteiger charge is 2.52. The number of benzene rings is 4. The van der Waals surface area contributed by atoms with E-state index < -0.39 is 52.8 Å². The third-order valence-electron chi connectivity index (χ3n) is 9.27. The van der Waals surface area contributed by atoms with Crippen molar-refractivity contribution in [1.29, 1.82) is 0 Å². The molecule has 0 fully saturated rings. The summed E-state index contributed by atoms with van der Waals surface area (Å²) >= 11 is 0. The van der Waals surface area contributed by atoms with Gasteiger partial charge in [0.25, 0.3) is 0 Å². The number of esters is 3. The molecular formula is C50H60N2O12. The Labute approximate surface area is 375 Å². The van der Waals surface area contributed by atoms with Crippen molar-refractivity contribution in [2.45, 2.75) is 124 Å². The topological polar surface area (TPSA) is 167 Å². The molecule has 1 unspecified atom stereocenters. The number of ether oxygens (including phenoxy) is 7. The van der Waals surface area contributed by atoms with E-state index in [1.807, 2.05) is 54.6 Å². The molecule has 0 spiro atoms. The van der Waals surface area contributed by atoms with E-state index in [1.165, 1.54) is 0 Å². The Balaban J connectivity index is 1.42. The second-order valence-electron chi connectivity index (χ2n) is 18.3. The van der Waals surface area contributed by atoms with Crippen molar-refractivity contribution in [2.24, 2.45) is 5.16 Å². The maximum Gasteiger partial charge on any atom is 0.412 e. The molecule has 5 rings (SSSR count). The van der Waals surface area contributed by atoms with Crippen LogP contribution < -0.4 is 19.5 Å². The molecule has 1 N–H and O–H groups in total. The largest absolute Gasteiger partial charge is 0.497 e. The highest BCUT2D eigenvalue weighted by atomic mass is 16.7. The number of amides is 1. The highest BCUT2D eigenvalue weighted by Crippen LogP contribution is 2.40. The highest BCUT2D eigenvalue weighted by molar-refractivity contribution is 6.08. The second kappa shape index (κ2) is 20.7. The van der Waals surface area contributed by atoms with Crippen LogP contribution in [0, 0.1) is 0 Å². The van der Waals surface area contributed by atoms with E-state index in [1.54, 1.807) is 106 Å². The molecule has 1 amide bonds. The number of methoxy groups -OCH3 is 1. The Morgan fingerprint density at radius 1 is 0.734 bits per heavy atom. The summed E-state index contributed by atoms with van der Waals surface area (Å²) < 4.78 is 40.7. The van der Waals surface area contributed by atoms with Gasteiger partial charge in [0.2, 0.25) is 5.60 Å². The summed E-state index contributed by atoms with van der Waals surface area (Å²) in [5, 5.41) is 7.12. The molecule has 1 atom stereocenters. The normalized spacial score (nSPS) is 14.9. The van der Waals surface area contributed by atoms with Gasteiger partial charge < -0.3 is 38.0 Å². The van der Waals surface area contributed by atoms with Gasteiger partial charge in [0.15, 0.2) is 11.5 Å². The molecule has 14 heteroatoms. The molecule has 4 aromatic carbocycles. The molecule has 14 nitrogen and oxygen atoms in total. The van der Waals surface area contributed by atoms with Crippen LogP contribution in [0.25, 0.3) is 0 Å². The molecule has 0 saturated carbocycles. The SMILES string of the molecule is COc1ccc(COc2cccc(C3=NOC(CC(=O)OC(C)(C)C)(C(=O)OC(C)(C)C)C3)c2OCCCc2cc(NC(=O)OC(C)(C)C)ccc2C(=O)OCc2ccccc2)cc1. The van der Waals surface area contributed by atoms with E-state index in [9.17, 15) is 19.2 Å². The van der Waals surface area contributed by atoms with Crippen LogP contribution in [0.15, 0.2) is 96.2 Å². The van der Waals surface area contributed by atoms with Crippen LogP contribution >= 0.6 is 0 Å². The van der Waals surface area contributed by atoms with E-state index >= 15 is 0 Å². The van der Waals surface area contributed by atoms with Gasteiger partial charge in [0.1, 0.15) is 35.8 Å². The standard InChI is InChI=1S/C50H60N2O12/c1-47(2,3)61-42(53)30-50(45(55)62-48(4,5)6)29-40(52-64-50)39-19-14-20-41(59-31-34-21-24-37(57-10)25-22-34)43(39)58-27-15-18-35-28-36(51-46(56)63-49(7,8)9)23-26-38(35)44(54)60-32-33-16-12-11-13-17-33/h11-14,16-17,19-26,28H,15,18,27,29-32H2,1-10H3,(H,51,56). The van der Waals surface area contributed by atoms with Crippen molar-refractivity contribution < 1.29 is 57.2 Å². The molecule has 0 bridgehead atoms. The Kier molecular flexibility index (Phi) is 15.7. The zero-order valence-electron chi connectivity index (χ0n) is 38.5. The predicted octanol–water partition coefficient (Wildman–Crippen LogP) is 9.93. The number of hydrogen-bond acceptors (Lipinski definition) is 13. The molecule has 0 radical (unpaired) electrons. The van der Waals surface area contributed by atoms with Crippen LogP contribution in [0.4, 0.5) is 10.5 Å². The number of anilines is 1. The molecule has 1 aliphatic rings. The third-order valence-corrected chi connectivity index (χ3v) is 9.27. The van der Waals surface area contributed by atoms with Gasteiger partial charge in [-0.25, -0.2) is 14.4 Å². The number of nitrogens with one attached hydrogen (secondary N) is 1. The molecule has 1 heterocycles. The average molecular weight is 881 g/mol. The first-order valence-corrected chi connectivity index (χ1v) is 21.2. The molecular weight excluding hydrogens is 821 g/mol. The summed E-state index contributed by atoms with van der Waals surface area (Å²) in [5.41, 5.74) is -0.372. The number of oxime groups is 1. The van der Waals surface area contributed by atoms with Crippen LogP contribution in [0.2, 0.25) is 0 Å². The lowest BCUT2D eigenvalue weighted by molar-refractivity contribution is -0.188. The fourth-order valence-corrected chi connectivity index (χ4v) is 6.51. The van der Waals surface area contributed by atoms with E-state index in [-0.39, 0.29) is 26.2 Å². The van der Waals surface area contributed by atoms with E-state index in [0.29, 0.717) is 58.2 Å². The molecule has 4 aromatic rings. The lowest BCUT2D eigenvalue weighted by Gasteiger charge is -2.29.